The average molecular weight is 253 g/mol. The van der Waals surface area contributed by atoms with Crippen LogP contribution in [0.15, 0.2) is 0 Å². The molecule has 1 fully saturated rings. The molecule has 0 saturated heterocycles. The van der Waals surface area contributed by atoms with Gasteiger partial charge in [0.15, 0.2) is 0 Å². The first-order valence-corrected chi connectivity index (χ1v) is 5.62. The maximum Gasteiger partial charge on any atom is 0.411 e. The summed E-state index contributed by atoms with van der Waals surface area (Å²) in [5, 5.41) is 2.69. The summed E-state index contributed by atoms with van der Waals surface area (Å²) < 4.78 is 39.6. The summed E-state index contributed by atoms with van der Waals surface area (Å²) >= 11 is 0. The largest absolute Gasteiger partial charge is 0.411 e. The lowest BCUT2D eigenvalue weighted by Crippen LogP contribution is -2.36. The molecule has 1 saturated carbocycles. The molecule has 0 heterocycles. The molecule has 1 atom stereocenters. The van der Waals surface area contributed by atoms with E-state index in [1.54, 1.807) is 0 Å². The molecule has 0 aromatic heterocycles. The van der Waals surface area contributed by atoms with E-state index in [0.717, 1.165) is 19.3 Å². The zero-order chi connectivity index (χ0) is 13.1. The number of carbonyl (C=O) groups is 1. The van der Waals surface area contributed by atoms with Crippen LogP contribution in [0.4, 0.5) is 13.2 Å². The summed E-state index contributed by atoms with van der Waals surface area (Å²) in [4.78, 5) is 11.3. The van der Waals surface area contributed by atoms with Crippen molar-refractivity contribution in [1.29, 1.82) is 0 Å². The Labute approximate surface area is 98.7 Å². The maximum atomic E-state index is 11.8. The minimum Gasteiger partial charge on any atom is -0.362 e. The van der Waals surface area contributed by atoms with Crippen molar-refractivity contribution in [2.45, 2.75) is 45.3 Å². The third-order valence-corrected chi connectivity index (χ3v) is 2.83. The molecule has 0 aromatic carbocycles. The maximum absolute atomic E-state index is 11.8. The smallest absolute Gasteiger partial charge is 0.362 e. The number of rotatable bonds is 4. The van der Waals surface area contributed by atoms with E-state index in [9.17, 15) is 18.0 Å². The number of nitrogens with one attached hydrogen (secondary N) is 1. The van der Waals surface area contributed by atoms with E-state index in [1.165, 1.54) is 0 Å². The first kappa shape index (κ1) is 14.3. The van der Waals surface area contributed by atoms with Crippen molar-refractivity contribution in [2.75, 3.05) is 13.2 Å². The van der Waals surface area contributed by atoms with Crippen molar-refractivity contribution in [3.8, 4) is 0 Å². The fourth-order valence-corrected chi connectivity index (χ4v) is 2.09. The summed E-state index contributed by atoms with van der Waals surface area (Å²) in [5.74, 6) is -0.475. The van der Waals surface area contributed by atoms with Gasteiger partial charge in [-0.25, -0.2) is 0 Å². The van der Waals surface area contributed by atoms with Gasteiger partial charge in [0.1, 0.15) is 13.2 Å². The van der Waals surface area contributed by atoms with E-state index in [-0.39, 0.29) is 11.5 Å². The first-order valence-electron chi connectivity index (χ1n) is 5.62. The lowest BCUT2D eigenvalue weighted by atomic mass is 9.92. The number of carbonyl (C=O) groups excluding carboxylic acids is 1. The molecule has 0 spiro atoms. The van der Waals surface area contributed by atoms with E-state index < -0.39 is 25.3 Å². The normalized spacial score (nSPS) is 23.7. The van der Waals surface area contributed by atoms with Crippen molar-refractivity contribution in [1.82, 2.24) is 5.32 Å². The van der Waals surface area contributed by atoms with Crippen LogP contribution in [-0.4, -0.2) is 31.3 Å². The van der Waals surface area contributed by atoms with Gasteiger partial charge >= 0.3 is 6.18 Å². The third kappa shape index (κ3) is 5.91. The molecule has 1 unspecified atom stereocenters. The third-order valence-electron chi connectivity index (χ3n) is 2.83. The van der Waals surface area contributed by atoms with Gasteiger partial charge in [-0.05, 0) is 24.7 Å². The molecule has 1 aliphatic rings. The Morgan fingerprint density at radius 3 is 2.59 bits per heavy atom. The van der Waals surface area contributed by atoms with Gasteiger partial charge in [0, 0.05) is 6.04 Å². The quantitative estimate of drug-likeness (QED) is 0.834. The van der Waals surface area contributed by atoms with Crippen LogP contribution in [0, 0.1) is 5.41 Å². The van der Waals surface area contributed by atoms with E-state index in [2.05, 4.69) is 23.9 Å². The number of hydrogen-bond acceptors (Lipinski definition) is 2. The lowest BCUT2D eigenvalue weighted by Gasteiger charge is -2.17. The van der Waals surface area contributed by atoms with Crippen LogP contribution < -0.4 is 5.32 Å². The Morgan fingerprint density at radius 1 is 1.47 bits per heavy atom. The summed E-state index contributed by atoms with van der Waals surface area (Å²) in [5.41, 5.74) is 0.199. The number of amides is 1. The molecule has 0 radical (unpaired) electrons. The molecule has 0 aromatic rings. The molecule has 1 amide bonds. The highest BCUT2D eigenvalue weighted by molar-refractivity contribution is 5.77. The Morgan fingerprint density at radius 2 is 2.12 bits per heavy atom. The monoisotopic (exact) mass is 253 g/mol. The summed E-state index contributed by atoms with van der Waals surface area (Å²) in [6, 6.07) is 0.0620. The van der Waals surface area contributed by atoms with E-state index in [1.807, 2.05) is 0 Å². The Kier molecular flexibility index (Phi) is 4.41. The van der Waals surface area contributed by atoms with Gasteiger partial charge in [-0.15, -0.1) is 0 Å². The standard InChI is InChI=1S/C11H18F3NO2/c1-10(2)4-3-8(5-10)15-9(16)6-17-7-11(12,13)14/h8H,3-7H2,1-2H3,(H,15,16). The van der Waals surface area contributed by atoms with E-state index in [0.29, 0.717) is 0 Å². The van der Waals surface area contributed by atoms with E-state index >= 15 is 0 Å². The van der Waals surface area contributed by atoms with Crippen molar-refractivity contribution < 1.29 is 22.7 Å². The first-order chi connectivity index (χ1) is 7.68. The molecule has 6 heteroatoms. The molecular weight excluding hydrogens is 235 g/mol. The Hall–Kier alpha value is -0.780. The second kappa shape index (κ2) is 5.25. The second-order valence-electron chi connectivity index (χ2n) is 5.28. The molecule has 17 heavy (non-hydrogen) atoms. The molecule has 3 nitrogen and oxygen atoms in total. The SMILES string of the molecule is CC1(C)CCC(NC(=O)COCC(F)(F)F)C1. The Bertz CT molecular complexity index is 276. The summed E-state index contributed by atoms with van der Waals surface area (Å²) in [7, 11) is 0. The summed E-state index contributed by atoms with van der Waals surface area (Å²) in [6.45, 7) is 2.31. The van der Waals surface area contributed by atoms with Crippen LogP contribution in [0.2, 0.25) is 0 Å². The fraction of sp³-hybridized carbons (Fsp3) is 0.909. The number of alkyl halides is 3. The molecule has 1 N–H and O–H groups in total. The molecule has 100 valence electrons. The van der Waals surface area contributed by atoms with Gasteiger partial charge in [-0.2, -0.15) is 13.2 Å². The molecular formula is C11H18F3NO2. The minimum absolute atomic E-state index is 0.0620. The van der Waals surface area contributed by atoms with Gasteiger partial charge in [-0.1, -0.05) is 13.8 Å². The van der Waals surface area contributed by atoms with Crippen LogP contribution in [0.3, 0.4) is 0 Å². The van der Waals surface area contributed by atoms with Crippen LogP contribution in [-0.2, 0) is 9.53 Å². The zero-order valence-electron chi connectivity index (χ0n) is 10.1. The topological polar surface area (TPSA) is 38.3 Å². The van der Waals surface area contributed by atoms with Crippen LogP contribution in [0.5, 0.6) is 0 Å². The van der Waals surface area contributed by atoms with Gasteiger partial charge in [0.05, 0.1) is 0 Å². The van der Waals surface area contributed by atoms with Crippen molar-refractivity contribution in [3.05, 3.63) is 0 Å². The molecule has 0 aliphatic heterocycles. The number of halogens is 3. The molecule has 1 rings (SSSR count). The molecule has 0 bridgehead atoms. The van der Waals surface area contributed by atoms with Crippen molar-refractivity contribution in [3.63, 3.8) is 0 Å². The van der Waals surface area contributed by atoms with Gasteiger partial charge in [0.25, 0.3) is 0 Å². The Balaban J connectivity index is 2.18. The van der Waals surface area contributed by atoms with Gasteiger partial charge in [0.2, 0.25) is 5.91 Å². The molecule has 1 aliphatic carbocycles. The average Bonchev–Trinajstić information content (AvgIpc) is 2.42. The highest BCUT2D eigenvalue weighted by Gasteiger charge is 2.32. The lowest BCUT2D eigenvalue weighted by molar-refractivity contribution is -0.175. The van der Waals surface area contributed by atoms with Crippen molar-refractivity contribution >= 4 is 5.91 Å². The minimum atomic E-state index is -4.38. The second-order valence-corrected chi connectivity index (χ2v) is 5.28. The van der Waals surface area contributed by atoms with Gasteiger partial charge in [-0.3, -0.25) is 4.79 Å². The van der Waals surface area contributed by atoms with Crippen LogP contribution in [0.25, 0.3) is 0 Å². The predicted octanol–water partition coefficient (Wildman–Crippen LogP) is 2.26. The van der Waals surface area contributed by atoms with Crippen LogP contribution in [0.1, 0.15) is 33.1 Å². The predicted molar refractivity (Wildman–Crippen MR) is 56.4 cm³/mol. The zero-order valence-corrected chi connectivity index (χ0v) is 10.1. The summed E-state index contributed by atoms with van der Waals surface area (Å²) in [6.07, 6.45) is -1.63. The van der Waals surface area contributed by atoms with Crippen molar-refractivity contribution in [2.24, 2.45) is 5.41 Å². The highest BCUT2D eigenvalue weighted by Crippen LogP contribution is 2.36. The van der Waals surface area contributed by atoms with E-state index in [4.69, 9.17) is 0 Å². The number of ether oxygens (including phenoxy) is 1. The fourth-order valence-electron chi connectivity index (χ4n) is 2.09. The van der Waals surface area contributed by atoms with Gasteiger partial charge < -0.3 is 10.1 Å². The number of hydrogen-bond donors (Lipinski definition) is 1. The van der Waals surface area contributed by atoms with Crippen LogP contribution >= 0.6 is 0 Å². The highest BCUT2D eigenvalue weighted by atomic mass is 19.4.